The summed E-state index contributed by atoms with van der Waals surface area (Å²) in [6.45, 7) is 0.125. The molecule has 0 aliphatic heterocycles. The van der Waals surface area contributed by atoms with Crippen molar-refractivity contribution in [1.29, 1.82) is 0 Å². The maximum Gasteiger partial charge on any atom is 0.165 e. The van der Waals surface area contributed by atoms with E-state index in [1.807, 2.05) is 30.6 Å². The van der Waals surface area contributed by atoms with Crippen molar-refractivity contribution in [3.63, 3.8) is 0 Å². The summed E-state index contributed by atoms with van der Waals surface area (Å²) >= 11 is 0. The third-order valence-corrected chi connectivity index (χ3v) is 4.77. The number of imidazole rings is 1. The molecule has 1 aliphatic rings. The molecule has 2 aromatic heterocycles. The molecule has 3 N–H and O–H groups in total. The fourth-order valence-corrected chi connectivity index (χ4v) is 3.67. The molecule has 0 bridgehead atoms. The van der Waals surface area contributed by atoms with Crippen LogP contribution in [0.1, 0.15) is 18.9 Å². The molecule has 0 radical (unpaired) electrons. The summed E-state index contributed by atoms with van der Waals surface area (Å²) in [6, 6.07) is -0.154. The number of aliphatic hydroxyl groups excluding tert-OH is 2. The highest BCUT2D eigenvalue weighted by Crippen LogP contribution is 2.38. The number of likely N-dealkylation sites (N-methyl/N-ethyl adjacent to an activating group) is 1. The molecule has 2 heterocycles. The van der Waals surface area contributed by atoms with Crippen LogP contribution in [-0.4, -0.2) is 69.6 Å². The zero-order chi connectivity index (χ0) is 16.6. The Labute approximate surface area is 135 Å². The second kappa shape index (κ2) is 6.38. The van der Waals surface area contributed by atoms with Crippen molar-refractivity contribution in [3.05, 3.63) is 12.7 Å². The molecule has 1 aliphatic carbocycles. The molecule has 0 aromatic carbocycles. The first-order valence-electron chi connectivity index (χ1n) is 7.89. The number of anilines is 1. The fraction of sp³-hybridized carbons (Fsp3) is 0.667. The summed E-state index contributed by atoms with van der Waals surface area (Å²) in [5, 5.41) is 23.1. The maximum absolute atomic E-state index is 10.7. The van der Waals surface area contributed by atoms with Crippen molar-refractivity contribution in [2.75, 3.05) is 32.6 Å². The topological polar surface area (TPSA) is 99.3 Å². The van der Waals surface area contributed by atoms with Crippen molar-refractivity contribution in [2.45, 2.75) is 31.0 Å². The molecule has 0 amide bonds. The predicted molar refractivity (Wildman–Crippen MR) is 87.4 cm³/mol. The van der Waals surface area contributed by atoms with Gasteiger partial charge in [-0.15, -0.1) is 0 Å². The Morgan fingerprint density at radius 3 is 2.78 bits per heavy atom. The van der Waals surface area contributed by atoms with E-state index in [1.165, 1.54) is 6.33 Å². The Morgan fingerprint density at radius 2 is 2.13 bits per heavy atom. The van der Waals surface area contributed by atoms with Gasteiger partial charge in [-0.2, -0.15) is 0 Å². The third kappa shape index (κ3) is 2.66. The Balaban J connectivity index is 1.99. The average molecular weight is 320 g/mol. The minimum absolute atomic E-state index is 0.0419. The van der Waals surface area contributed by atoms with Gasteiger partial charge in [0.15, 0.2) is 17.0 Å². The third-order valence-electron chi connectivity index (χ3n) is 4.77. The second-order valence-corrected chi connectivity index (χ2v) is 6.30. The highest BCUT2D eigenvalue weighted by Gasteiger charge is 2.42. The Hall–Kier alpha value is -1.77. The van der Waals surface area contributed by atoms with Crippen LogP contribution in [-0.2, 0) is 0 Å². The Kier molecular flexibility index (Phi) is 4.47. The van der Waals surface area contributed by atoms with Gasteiger partial charge in [0.25, 0.3) is 0 Å². The first-order valence-corrected chi connectivity index (χ1v) is 7.89. The highest BCUT2D eigenvalue weighted by atomic mass is 16.3. The van der Waals surface area contributed by atoms with Gasteiger partial charge < -0.3 is 25.0 Å². The lowest BCUT2D eigenvalue weighted by Gasteiger charge is -2.22. The van der Waals surface area contributed by atoms with Crippen molar-refractivity contribution < 1.29 is 10.2 Å². The largest absolute Gasteiger partial charge is 0.396 e. The summed E-state index contributed by atoms with van der Waals surface area (Å²) in [5.74, 6) is 0.982. The number of nitrogens with zero attached hydrogens (tertiary/aromatic N) is 5. The van der Waals surface area contributed by atoms with Gasteiger partial charge in [-0.05, 0) is 25.8 Å². The number of aliphatic hydroxyl groups is 2. The quantitative estimate of drug-likeness (QED) is 0.700. The monoisotopic (exact) mass is 320 g/mol. The van der Waals surface area contributed by atoms with Crippen LogP contribution < -0.4 is 10.2 Å². The standard InChI is InChI=1S/C15H24N6O2/c1-16-11-9(4-5-22)6-10(13(11)23)21-8-19-12-14(20(2)3)17-7-18-15(12)21/h7-11,13,16,22-23H,4-6H2,1-3H3. The van der Waals surface area contributed by atoms with Crippen molar-refractivity contribution in [3.8, 4) is 0 Å². The summed E-state index contributed by atoms with van der Waals surface area (Å²) < 4.78 is 1.94. The van der Waals surface area contributed by atoms with Crippen LogP contribution in [0, 0.1) is 5.92 Å². The molecule has 8 nitrogen and oxygen atoms in total. The molecule has 4 unspecified atom stereocenters. The van der Waals surface area contributed by atoms with E-state index in [2.05, 4.69) is 20.3 Å². The van der Waals surface area contributed by atoms with E-state index in [0.717, 1.165) is 23.4 Å². The van der Waals surface area contributed by atoms with Gasteiger partial charge in [-0.25, -0.2) is 15.0 Å². The first-order chi connectivity index (χ1) is 11.1. The first kappa shape index (κ1) is 16.1. The number of hydrogen-bond acceptors (Lipinski definition) is 7. The van der Waals surface area contributed by atoms with Gasteiger partial charge in [0, 0.05) is 26.7 Å². The summed E-state index contributed by atoms with van der Waals surface area (Å²) in [4.78, 5) is 15.0. The fourth-order valence-electron chi connectivity index (χ4n) is 3.67. The summed E-state index contributed by atoms with van der Waals surface area (Å²) in [7, 11) is 5.68. The lowest BCUT2D eigenvalue weighted by molar-refractivity contribution is 0.106. The average Bonchev–Trinajstić information content (AvgIpc) is 3.08. The lowest BCUT2D eigenvalue weighted by atomic mass is 10.00. The molecular weight excluding hydrogens is 296 g/mol. The van der Waals surface area contributed by atoms with Crippen LogP contribution in [0.2, 0.25) is 0 Å². The van der Waals surface area contributed by atoms with Gasteiger partial charge >= 0.3 is 0 Å². The number of hydrogen-bond donors (Lipinski definition) is 3. The van der Waals surface area contributed by atoms with Crippen LogP contribution in [0.25, 0.3) is 11.2 Å². The van der Waals surface area contributed by atoms with Crippen LogP contribution in [0.5, 0.6) is 0 Å². The van der Waals surface area contributed by atoms with Gasteiger partial charge in [0.05, 0.1) is 18.5 Å². The molecule has 1 saturated carbocycles. The maximum atomic E-state index is 10.7. The normalized spacial score (nSPS) is 27.7. The van der Waals surface area contributed by atoms with Gasteiger partial charge in [-0.3, -0.25) is 0 Å². The van der Waals surface area contributed by atoms with Crippen molar-refractivity contribution in [2.24, 2.45) is 5.92 Å². The van der Waals surface area contributed by atoms with E-state index in [0.29, 0.717) is 6.42 Å². The van der Waals surface area contributed by atoms with E-state index in [-0.39, 0.29) is 24.6 Å². The van der Waals surface area contributed by atoms with Crippen molar-refractivity contribution >= 4 is 17.0 Å². The number of rotatable bonds is 5. The van der Waals surface area contributed by atoms with Gasteiger partial charge in [-0.1, -0.05) is 0 Å². The SMILES string of the molecule is CNC1C(CCO)CC(n2cnc3c(N(C)C)ncnc32)C1O. The van der Waals surface area contributed by atoms with Crippen LogP contribution in [0.15, 0.2) is 12.7 Å². The van der Waals surface area contributed by atoms with Crippen molar-refractivity contribution in [1.82, 2.24) is 24.8 Å². The molecule has 8 heteroatoms. The van der Waals surface area contributed by atoms with E-state index >= 15 is 0 Å². The van der Waals surface area contributed by atoms with E-state index in [1.54, 1.807) is 6.33 Å². The highest BCUT2D eigenvalue weighted by molar-refractivity contribution is 5.83. The molecule has 4 atom stereocenters. The van der Waals surface area contributed by atoms with Gasteiger partial charge in [0.2, 0.25) is 0 Å². The Bertz CT molecular complexity index is 673. The zero-order valence-electron chi connectivity index (χ0n) is 13.7. The molecule has 3 rings (SSSR count). The van der Waals surface area contributed by atoms with Crippen LogP contribution in [0.3, 0.4) is 0 Å². The predicted octanol–water partition coefficient (Wildman–Crippen LogP) is -0.215. The summed E-state index contributed by atoms with van der Waals surface area (Å²) in [6.07, 6.45) is 4.15. The lowest BCUT2D eigenvalue weighted by Crippen LogP contribution is -2.40. The molecule has 1 fully saturated rings. The van der Waals surface area contributed by atoms with E-state index in [9.17, 15) is 10.2 Å². The second-order valence-electron chi connectivity index (χ2n) is 6.30. The number of aromatic nitrogens is 4. The zero-order valence-corrected chi connectivity index (χ0v) is 13.7. The molecular formula is C15H24N6O2. The number of fused-ring (bicyclic) bond motifs is 1. The number of nitrogens with one attached hydrogen (secondary N) is 1. The van der Waals surface area contributed by atoms with E-state index in [4.69, 9.17) is 0 Å². The van der Waals surface area contributed by atoms with Gasteiger partial charge in [0.1, 0.15) is 6.33 Å². The summed E-state index contributed by atoms with van der Waals surface area (Å²) in [5.41, 5.74) is 1.46. The molecule has 23 heavy (non-hydrogen) atoms. The van der Waals surface area contributed by atoms with Crippen LogP contribution in [0.4, 0.5) is 5.82 Å². The van der Waals surface area contributed by atoms with Crippen LogP contribution >= 0.6 is 0 Å². The minimum Gasteiger partial charge on any atom is -0.396 e. The minimum atomic E-state index is -0.549. The van der Waals surface area contributed by atoms with E-state index < -0.39 is 6.10 Å². The molecule has 126 valence electrons. The molecule has 0 spiro atoms. The smallest absolute Gasteiger partial charge is 0.165 e. The molecule has 2 aromatic rings. The Morgan fingerprint density at radius 1 is 1.35 bits per heavy atom. The molecule has 0 saturated heterocycles.